The van der Waals surface area contributed by atoms with Crippen molar-refractivity contribution in [1.29, 1.82) is 0 Å². The lowest BCUT2D eigenvalue weighted by Gasteiger charge is -2.10. The summed E-state index contributed by atoms with van der Waals surface area (Å²) < 4.78 is 45.5. The zero-order chi connectivity index (χ0) is 14.8. The second-order valence-corrected chi connectivity index (χ2v) is 4.18. The number of ether oxygens (including phenoxy) is 1. The molecule has 7 heteroatoms. The molecule has 1 aromatic carbocycles. The fourth-order valence-corrected chi connectivity index (χ4v) is 1.60. The van der Waals surface area contributed by atoms with Crippen LogP contribution in [0.15, 0.2) is 28.7 Å². The van der Waals surface area contributed by atoms with Crippen LogP contribution < -0.4 is 10.1 Å². The summed E-state index contributed by atoms with van der Waals surface area (Å²) in [6.07, 6.45) is -4.70. The molecule has 0 atom stereocenters. The fourth-order valence-electron chi connectivity index (χ4n) is 1.60. The standard InChI is InChI=1S/C13H13F3N2O2/c1-8-9(2)19-12(18-8)7-17-10-4-3-5-11(6-10)20-13(14,15)16/h3-6,17H,7H2,1-2H3. The predicted molar refractivity (Wildman–Crippen MR) is 66.4 cm³/mol. The maximum Gasteiger partial charge on any atom is 0.573 e. The van der Waals surface area contributed by atoms with E-state index in [1.54, 1.807) is 13.0 Å². The number of anilines is 1. The molecule has 0 radical (unpaired) electrons. The Balaban J connectivity index is 2.01. The van der Waals surface area contributed by atoms with Crippen molar-refractivity contribution in [3.05, 3.63) is 41.6 Å². The highest BCUT2D eigenvalue weighted by Crippen LogP contribution is 2.25. The van der Waals surface area contributed by atoms with Crippen LogP contribution in [0.4, 0.5) is 18.9 Å². The number of nitrogens with one attached hydrogen (secondary N) is 1. The van der Waals surface area contributed by atoms with E-state index in [9.17, 15) is 13.2 Å². The van der Waals surface area contributed by atoms with Crippen LogP contribution in [0.1, 0.15) is 17.3 Å². The van der Waals surface area contributed by atoms with E-state index < -0.39 is 6.36 Å². The van der Waals surface area contributed by atoms with Gasteiger partial charge in [0.15, 0.2) is 0 Å². The molecule has 0 fully saturated rings. The van der Waals surface area contributed by atoms with Crippen LogP contribution >= 0.6 is 0 Å². The van der Waals surface area contributed by atoms with Gasteiger partial charge in [-0.2, -0.15) is 0 Å². The van der Waals surface area contributed by atoms with E-state index in [0.717, 1.165) is 11.5 Å². The van der Waals surface area contributed by atoms with Crippen LogP contribution in [-0.2, 0) is 6.54 Å². The van der Waals surface area contributed by atoms with E-state index in [0.29, 0.717) is 11.6 Å². The average molecular weight is 286 g/mol. The molecule has 0 unspecified atom stereocenters. The summed E-state index contributed by atoms with van der Waals surface area (Å²) in [5.74, 6) is 0.917. The van der Waals surface area contributed by atoms with E-state index in [-0.39, 0.29) is 12.3 Å². The number of aromatic nitrogens is 1. The molecule has 4 nitrogen and oxygen atoms in total. The summed E-state index contributed by atoms with van der Waals surface area (Å²) in [4.78, 5) is 4.17. The summed E-state index contributed by atoms with van der Waals surface area (Å²) >= 11 is 0. The first-order valence-electron chi connectivity index (χ1n) is 5.86. The Labute approximate surface area is 113 Å². The van der Waals surface area contributed by atoms with Crippen molar-refractivity contribution in [2.75, 3.05) is 5.32 Å². The second kappa shape index (κ2) is 5.44. The molecule has 0 amide bonds. The van der Waals surface area contributed by atoms with Crippen molar-refractivity contribution < 1.29 is 22.3 Å². The number of oxazole rings is 1. The van der Waals surface area contributed by atoms with Gasteiger partial charge in [-0.25, -0.2) is 4.98 Å². The zero-order valence-electron chi connectivity index (χ0n) is 10.9. The van der Waals surface area contributed by atoms with Crippen LogP contribution in [0.2, 0.25) is 0 Å². The molecule has 0 aliphatic heterocycles. The zero-order valence-corrected chi connectivity index (χ0v) is 10.9. The van der Waals surface area contributed by atoms with Crippen LogP contribution in [0, 0.1) is 13.8 Å². The molecule has 108 valence electrons. The molecular weight excluding hydrogens is 273 g/mol. The van der Waals surface area contributed by atoms with Gasteiger partial charge in [-0.1, -0.05) is 6.07 Å². The van der Waals surface area contributed by atoms with Crippen molar-refractivity contribution in [3.8, 4) is 5.75 Å². The minimum Gasteiger partial charge on any atom is -0.444 e. The van der Waals surface area contributed by atoms with Crippen molar-refractivity contribution in [3.63, 3.8) is 0 Å². The van der Waals surface area contributed by atoms with Crippen LogP contribution in [0.3, 0.4) is 0 Å². The first-order chi connectivity index (χ1) is 9.33. The highest BCUT2D eigenvalue weighted by Gasteiger charge is 2.31. The lowest BCUT2D eigenvalue weighted by Crippen LogP contribution is -2.17. The number of halogens is 3. The molecule has 0 saturated heterocycles. The number of rotatable bonds is 4. The first kappa shape index (κ1) is 14.2. The Morgan fingerprint density at radius 1 is 1.30 bits per heavy atom. The van der Waals surface area contributed by atoms with Crippen LogP contribution in [0.25, 0.3) is 0 Å². The van der Waals surface area contributed by atoms with E-state index in [4.69, 9.17) is 4.42 Å². The van der Waals surface area contributed by atoms with Gasteiger partial charge >= 0.3 is 6.36 Å². The van der Waals surface area contributed by atoms with Gasteiger partial charge < -0.3 is 14.5 Å². The lowest BCUT2D eigenvalue weighted by molar-refractivity contribution is -0.274. The topological polar surface area (TPSA) is 47.3 Å². The van der Waals surface area contributed by atoms with E-state index in [1.807, 2.05) is 6.92 Å². The Morgan fingerprint density at radius 3 is 2.65 bits per heavy atom. The monoisotopic (exact) mass is 286 g/mol. The quantitative estimate of drug-likeness (QED) is 0.928. The Kier molecular flexibility index (Phi) is 3.87. The van der Waals surface area contributed by atoms with Crippen molar-refractivity contribution in [1.82, 2.24) is 4.98 Å². The Hall–Kier alpha value is -2.18. The minimum absolute atomic E-state index is 0.276. The molecule has 0 saturated carbocycles. The van der Waals surface area contributed by atoms with Gasteiger partial charge in [0, 0.05) is 11.8 Å². The van der Waals surface area contributed by atoms with Gasteiger partial charge in [-0.3, -0.25) is 0 Å². The lowest BCUT2D eigenvalue weighted by atomic mass is 10.3. The number of benzene rings is 1. The highest BCUT2D eigenvalue weighted by atomic mass is 19.4. The van der Waals surface area contributed by atoms with Gasteiger partial charge in [0.1, 0.15) is 11.5 Å². The summed E-state index contributed by atoms with van der Waals surface area (Å²) in [7, 11) is 0. The highest BCUT2D eigenvalue weighted by molar-refractivity contribution is 5.48. The number of hydrogen-bond donors (Lipinski definition) is 1. The molecule has 1 heterocycles. The smallest absolute Gasteiger partial charge is 0.444 e. The van der Waals surface area contributed by atoms with E-state index in [2.05, 4.69) is 15.0 Å². The normalized spacial score (nSPS) is 11.4. The Bertz CT molecular complexity index is 574. The minimum atomic E-state index is -4.70. The molecule has 20 heavy (non-hydrogen) atoms. The third-order valence-corrected chi connectivity index (χ3v) is 2.58. The third-order valence-electron chi connectivity index (χ3n) is 2.58. The van der Waals surface area contributed by atoms with Crippen LogP contribution in [-0.4, -0.2) is 11.3 Å². The molecule has 0 aliphatic carbocycles. The maximum absolute atomic E-state index is 12.1. The molecule has 2 rings (SSSR count). The molecule has 0 bridgehead atoms. The maximum atomic E-state index is 12.1. The molecule has 0 aliphatic rings. The average Bonchev–Trinajstić information content (AvgIpc) is 2.65. The SMILES string of the molecule is Cc1nc(CNc2cccc(OC(F)(F)F)c2)oc1C. The molecule has 1 aromatic heterocycles. The number of alkyl halides is 3. The largest absolute Gasteiger partial charge is 0.573 e. The summed E-state index contributed by atoms with van der Waals surface area (Å²) in [5, 5.41) is 2.92. The number of aryl methyl sites for hydroxylation is 2. The van der Waals surface area contributed by atoms with Gasteiger partial charge in [-0.15, -0.1) is 13.2 Å². The van der Waals surface area contributed by atoms with Gasteiger partial charge in [0.25, 0.3) is 0 Å². The fraction of sp³-hybridized carbons (Fsp3) is 0.308. The van der Waals surface area contributed by atoms with Crippen molar-refractivity contribution in [2.45, 2.75) is 26.8 Å². The van der Waals surface area contributed by atoms with Crippen LogP contribution in [0.5, 0.6) is 5.75 Å². The third kappa shape index (κ3) is 3.91. The van der Waals surface area contributed by atoms with E-state index in [1.165, 1.54) is 18.2 Å². The van der Waals surface area contributed by atoms with Gasteiger partial charge in [0.2, 0.25) is 5.89 Å². The second-order valence-electron chi connectivity index (χ2n) is 4.18. The number of hydrogen-bond acceptors (Lipinski definition) is 4. The number of nitrogens with zero attached hydrogens (tertiary/aromatic N) is 1. The van der Waals surface area contributed by atoms with E-state index >= 15 is 0 Å². The van der Waals surface area contributed by atoms with Gasteiger partial charge in [-0.05, 0) is 26.0 Å². The summed E-state index contributed by atoms with van der Waals surface area (Å²) in [5.41, 5.74) is 1.27. The summed E-state index contributed by atoms with van der Waals surface area (Å²) in [6, 6.07) is 5.59. The molecule has 0 spiro atoms. The van der Waals surface area contributed by atoms with Gasteiger partial charge in [0.05, 0.1) is 12.2 Å². The van der Waals surface area contributed by atoms with Crippen molar-refractivity contribution in [2.24, 2.45) is 0 Å². The Morgan fingerprint density at radius 2 is 2.05 bits per heavy atom. The van der Waals surface area contributed by atoms with Crippen molar-refractivity contribution >= 4 is 5.69 Å². The molecule has 1 N–H and O–H groups in total. The molecular formula is C13H13F3N2O2. The predicted octanol–water partition coefficient (Wildman–Crippen LogP) is 3.80. The first-order valence-corrected chi connectivity index (χ1v) is 5.86. The summed E-state index contributed by atoms with van der Waals surface area (Å²) in [6.45, 7) is 3.90. The molecule has 2 aromatic rings.